The van der Waals surface area contributed by atoms with Crippen molar-refractivity contribution in [2.24, 2.45) is 5.14 Å². The largest absolute Gasteiger partial charge is 0.345 e. The summed E-state index contributed by atoms with van der Waals surface area (Å²) in [4.78, 5) is 23.0. The molecule has 0 bridgehead atoms. The number of sulfonamides is 1. The molecule has 1 rings (SSSR count). The predicted octanol–water partition coefficient (Wildman–Crippen LogP) is -0.337. The Kier molecular flexibility index (Phi) is 4.57. The number of hydrogen-bond acceptors (Lipinski definition) is 4. The molecule has 1 aromatic carbocycles. The molecule has 1 amide bonds. The molecule has 0 saturated heterocycles. The van der Waals surface area contributed by atoms with Crippen LogP contribution in [0.3, 0.4) is 0 Å². The van der Waals surface area contributed by atoms with Gasteiger partial charge in [-0.05, 0) is 19.1 Å². The number of nitrogens with one attached hydrogen (secondary N) is 1. The van der Waals surface area contributed by atoms with Crippen molar-refractivity contribution < 1.29 is 18.0 Å². The van der Waals surface area contributed by atoms with E-state index in [4.69, 9.17) is 5.14 Å². The maximum atomic E-state index is 11.6. The van der Waals surface area contributed by atoms with E-state index in [9.17, 15) is 18.0 Å². The first-order valence-electron chi connectivity index (χ1n) is 5.20. The fraction of sp³-hybridized carbons (Fsp3) is 0.273. The van der Waals surface area contributed by atoms with Crippen molar-refractivity contribution in [1.29, 1.82) is 0 Å². The molecule has 0 aliphatic carbocycles. The number of Topliss-reactive ketones (excluding diaryl/α,β-unsaturated/α-hetero) is 1. The Morgan fingerprint density at radius 1 is 1.28 bits per heavy atom. The number of primary sulfonamides is 1. The number of nitrogens with two attached hydrogens (primary N) is 1. The Balaban J connectivity index is 2.57. The fourth-order valence-electron chi connectivity index (χ4n) is 1.19. The first-order chi connectivity index (χ1) is 8.32. The zero-order chi connectivity index (χ0) is 13.8. The van der Waals surface area contributed by atoms with E-state index in [1.165, 1.54) is 6.92 Å². The summed E-state index contributed by atoms with van der Waals surface area (Å²) in [5.41, 5.74) is 0.397. The highest BCUT2D eigenvalue weighted by molar-refractivity contribution is 7.90. The minimum Gasteiger partial charge on any atom is -0.345 e. The molecule has 0 aliphatic rings. The first-order valence-corrected chi connectivity index (χ1v) is 6.81. The van der Waals surface area contributed by atoms with Crippen molar-refractivity contribution in [3.8, 4) is 0 Å². The maximum Gasteiger partial charge on any atom is 0.251 e. The van der Waals surface area contributed by atoms with Crippen LogP contribution in [0.5, 0.6) is 0 Å². The second kappa shape index (κ2) is 5.74. The molecule has 0 radical (unpaired) electrons. The van der Waals surface area contributed by atoms with E-state index in [0.29, 0.717) is 5.56 Å². The molecule has 0 heterocycles. The lowest BCUT2D eigenvalue weighted by atomic mass is 10.2. The Bertz CT molecular complexity index is 539. The van der Waals surface area contributed by atoms with Crippen LogP contribution in [0.4, 0.5) is 0 Å². The minimum absolute atomic E-state index is 0.370. The zero-order valence-electron chi connectivity index (χ0n) is 9.79. The SMILES string of the molecule is CC(C(=O)CNC(=O)c1ccccc1)S(N)(=O)=O. The quantitative estimate of drug-likeness (QED) is 0.763. The van der Waals surface area contributed by atoms with Gasteiger partial charge in [-0.25, -0.2) is 13.6 Å². The van der Waals surface area contributed by atoms with E-state index in [2.05, 4.69) is 5.32 Å². The van der Waals surface area contributed by atoms with Crippen LogP contribution in [-0.4, -0.2) is 31.9 Å². The molecule has 1 aromatic rings. The molecule has 3 N–H and O–H groups in total. The Labute approximate surface area is 105 Å². The lowest BCUT2D eigenvalue weighted by Crippen LogP contribution is -2.40. The summed E-state index contributed by atoms with van der Waals surface area (Å²) in [6.45, 7) is 0.817. The van der Waals surface area contributed by atoms with Gasteiger partial charge >= 0.3 is 0 Å². The molecule has 1 atom stereocenters. The number of carbonyl (C=O) groups is 2. The molecular weight excluding hydrogens is 256 g/mol. The van der Waals surface area contributed by atoms with E-state index in [1.807, 2.05) is 0 Å². The lowest BCUT2D eigenvalue weighted by Gasteiger charge is -2.09. The van der Waals surface area contributed by atoms with Crippen LogP contribution in [0.25, 0.3) is 0 Å². The van der Waals surface area contributed by atoms with Gasteiger partial charge in [-0.3, -0.25) is 9.59 Å². The standard InChI is InChI=1S/C11H14N2O4S/c1-8(18(12,16)17)10(14)7-13-11(15)9-5-3-2-4-6-9/h2-6,8H,7H2,1H3,(H,13,15)(H2,12,16,17). The van der Waals surface area contributed by atoms with Gasteiger partial charge in [0.25, 0.3) is 5.91 Å². The van der Waals surface area contributed by atoms with Gasteiger partial charge in [0, 0.05) is 5.56 Å². The minimum atomic E-state index is -3.92. The molecule has 98 valence electrons. The highest BCUT2D eigenvalue weighted by Gasteiger charge is 2.24. The van der Waals surface area contributed by atoms with E-state index in [1.54, 1.807) is 30.3 Å². The summed E-state index contributed by atoms with van der Waals surface area (Å²) in [5, 5.41) is 5.85. The Morgan fingerprint density at radius 3 is 2.33 bits per heavy atom. The van der Waals surface area contributed by atoms with Crippen LogP contribution in [0.15, 0.2) is 30.3 Å². The number of ketones is 1. The third-order valence-corrected chi connectivity index (χ3v) is 3.65. The molecule has 0 aliphatic heterocycles. The normalized spacial score (nSPS) is 12.8. The zero-order valence-corrected chi connectivity index (χ0v) is 10.6. The third kappa shape index (κ3) is 3.94. The average molecular weight is 270 g/mol. The molecule has 6 nitrogen and oxygen atoms in total. The smallest absolute Gasteiger partial charge is 0.251 e. The van der Waals surface area contributed by atoms with Crippen LogP contribution < -0.4 is 10.5 Å². The number of rotatable bonds is 5. The molecule has 1 unspecified atom stereocenters. The summed E-state index contributed by atoms with van der Waals surface area (Å²) in [5.74, 6) is -1.09. The molecule has 0 spiro atoms. The summed E-state index contributed by atoms with van der Waals surface area (Å²) in [7, 11) is -3.92. The highest BCUT2D eigenvalue weighted by Crippen LogP contribution is 1.99. The van der Waals surface area contributed by atoms with E-state index in [0.717, 1.165) is 0 Å². The van der Waals surface area contributed by atoms with Gasteiger partial charge in [0.15, 0.2) is 5.78 Å². The molecule has 0 fully saturated rings. The van der Waals surface area contributed by atoms with Crippen molar-refractivity contribution in [3.63, 3.8) is 0 Å². The van der Waals surface area contributed by atoms with Gasteiger partial charge < -0.3 is 5.32 Å². The first kappa shape index (κ1) is 14.3. The molecule has 18 heavy (non-hydrogen) atoms. The Hall–Kier alpha value is -1.73. The van der Waals surface area contributed by atoms with Crippen LogP contribution >= 0.6 is 0 Å². The summed E-state index contributed by atoms with van der Waals surface area (Å²) >= 11 is 0. The summed E-state index contributed by atoms with van der Waals surface area (Å²) in [6, 6.07) is 8.30. The Morgan fingerprint density at radius 2 is 1.83 bits per heavy atom. The monoisotopic (exact) mass is 270 g/mol. The molecule has 0 aromatic heterocycles. The second-order valence-corrected chi connectivity index (χ2v) is 5.63. The number of amides is 1. The van der Waals surface area contributed by atoms with Crippen molar-refractivity contribution in [2.75, 3.05) is 6.54 Å². The van der Waals surface area contributed by atoms with E-state index in [-0.39, 0.29) is 6.54 Å². The topological polar surface area (TPSA) is 106 Å². The van der Waals surface area contributed by atoms with E-state index < -0.39 is 27.0 Å². The number of benzene rings is 1. The van der Waals surface area contributed by atoms with Gasteiger partial charge in [0.2, 0.25) is 10.0 Å². The van der Waals surface area contributed by atoms with Crippen molar-refractivity contribution in [3.05, 3.63) is 35.9 Å². The molecule has 0 saturated carbocycles. The van der Waals surface area contributed by atoms with Gasteiger partial charge in [-0.2, -0.15) is 0 Å². The predicted molar refractivity (Wildman–Crippen MR) is 66.4 cm³/mol. The highest BCUT2D eigenvalue weighted by atomic mass is 32.2. The van der Waals surface area contributed by atoms with Crippen LogP contribution in [-0.2, 0) is 14.8 Å². The fourth-order valence-corrected chi connectivity index (χ4v) is 1.64. The van der Waals surface area contributed by atoms with Gasteiger partial charge in [-0.15, -0.1) is 0 Å². The van der Waals surface area contributed by atoms with Crippen LogP contribution in [0.2, 0.25) is 0 Å². The lowest BCUT2D eigenvalue weighted by molar-refractivity contribution is -0.117. The van der Waals surface area contributed by atoms with Gasteiger partial charge in [-0.1, -0.05) is 18.2 Å². The van der Waals surface area contributed by atoms with Gasteiger partial charge in [0.05, 0.1) is 6.54 Å². The van der Waals surface area contributed by atoms with Crippen LogP contribution in [0, 0.1) is 0 Å². The van der Waals surface area contributed by atoms with Gasteiger partial charge in [0.1, 0.15) is 5.25 Å². The maximum absolute atomic E-state index is 11.6. The number of hydrogen-bond donors (Lipinski definition) is 2. The molecule has 7 heteroatoms. The third-order valence-electron chi connectivity index (χ3n) is 2.41. The number of carbonyl (C=O) groups excluding carboxylic acids is 2. The van der Waals surface area contributed by atoms with E-state index >= 15 is 0 Å². The van der Waals surface area contributed by atoms with Crippen molar-refractivity contribution in [2.45, 2.75) is 12.2 Å². The second-order valence-electron chi connectivity index (χ2n) is 3.75. The summed E-state index contributed by atoms with van der Waals surface area (Å²) in [6.07, 6.45) is 0. The van der Waals surface area contributed by atoms with Crippen LogP contribution in [0.1, 0.15) is 17.3 Å². The summed E-state index contributed by atoms with van der Waals surface area (Å²) < 4.78 is 21.9. The molecular formula is C11H14N2O4S. The van der Waals surface area contributed by atoms with Crippen molar-refractivity contribution >= 4 is 21.7 Å². The van der Waals surface area contributed by atoms with Crippen molar-refractivity contribution in [1.82, 2.24) is 5.32 Å². The average Bonchev–Trinajstić information content (AvgIpc) is 2.34.